The highest BCUT2D eigenvalue weighted by molar-refractivity contribution is 7.90. The molecule has 1 atom stereocenters. The SMILES string of the molecule is CN[C@H](c1ccc(C)cc1)c1ccc(S(C)(=O)=O)cc1. The normalized spacial score (nSPS) is 13.2. The molecular formula is C16H19NO2S. The zero-order valence-corrected chi connectivity index (χ0v) is 12.7. The van der Waals surface area contributed by atoms with Crippen LogP contribution in [-0.2, 0) is 9.84 Å². The van der Waals surface area contributed by atoms with Gasteiger partial charge in [-0.2, -0.15) is 0 Å². The fourth-order valence-electron chi connectivity index (χ4n) is 2.19. The lowest BCUT2D eigenvalue weighted by atomic mass is 9.98. The lowest BCUT2D eigenvalue weighted by molar-refractivity contribution is 0.601. The van der Waals surface area contributed by atoms with Gasteiger partial charge in [0.1, 0.15) is 0 Å². The number of nitrogens with one attached hydrogen (secondary N) is 1. The van der Waals surface area contributed by atoms with Gasteiger partial charge in [0.05, 0.1) is 10.9 Å². The summed E-state index contributed by atoms with van der Waals surface area (Å²) < 4.78 is 23.0. The van der Waals surface area contributed by atoms with Crippen molar-refractivity contribution < 1.29 is 8.42 Å². The maximum Gasteiger partial charge on any atom is 0.175 e. The second kappa shape index (κ2) is 5.77. The van der Waals surface area contributed by atoms with Gasteiger partial charge >= 0.3 is 0 Å². The Morgan fingerprint density at radius 1 is 0.900 bits per heavy atom. The molecule has 0 fully saturated rings. The van der Waals surface area contributed by atoms with Crippen LogP contribution in [0.25, 0.3) is 0 Å². The van der Waals surface area contributed by atoms with Gasteiger partial charge in [-0.3, -0.25) is 0 Å². The van der Waals surface area contributed by atoms with Crippen LogP contribution in [0.4, 0.5) is 0 Å². The molecule has 0 aliphatic carbocycles. The predicted molar refractivity (Wildman–Crippen MR) is 81.6 cm³/mol. The van der Waals surface area contributed by atoms with E-state index in [-0.39, 0.29) is 6.04 Å². The Morgan fingerprint density at radius 2 is 1.35 bits per heavy atom. The number of hydrogen-bond acceptors (Lipinski definition) is 3. The van der Waals surface area contributed by atoms with Crippen LogP contribution in [0, 0.1) is 6.92 Å². The van der Waals surface area contributed by atoms with Crippen LogP contribution < -0.4 is 5.32 Å². The minimum atomic E-state index is -3.14. The average molecular weight is 289 g/mol. The minimum absolute atomic E-state index is 0.0595. The van der Waals surface area contributed by atoms with Crippen LogP contribution in [0.3, 0.4) is 0 Å². The van der Waals surface area contributed by atoms with Crippen molar-refractivity contribution in [3.05, 3.63) is 65.2 Å². The third kappa shape index (κ3) is 3.26. The van der Waals surface area contributed by atoms with Crippen LogP contribution in [0.1, 0.15) is 22.7 Å². The standard InChI is InChI=1S/C16H19NO2S/c1-12-4-6-13(7-5-12)16(17-2)14-8-10-15(11-9-14)20(3,18)19/h4-11,16-17H,1-3H3/t16-/m1/s1. The molecule has 3 nitrogen and oxygen atoms in total. The molecule has 4 heteroatoms. The topological polar surface area (TPSA) is 46.2 Å². The average Bonchev–Trinajstić information content (AvgIpc) is 2.41. The molecule has 0 bridgehead atoms. The summed E-state index contributed by atoms with van der Waals surface area (Å²) in [7, 11) is -1.24. The first-order chi connectivity index (χ1) is 9.41. The Kier molecular flexibility index (Phi) is 4.26. The maximum atomic E-state index is 11.5. The molecule has 106 valence electrons. The molecule has 0 saturated carbocycles. The zero-order valence-electron chi connectivity index (χ0n) is 11.9. The van der Waals surface area contributed by atoms with Crippen molar-refractivity contribution in [2.45, 2.75) is 17.9 Å². The van der Waals surface area contributed by atoms with E-state index in [4.69, 9.17) is 0 Å². The van der Waals surface area contributed by atoms with Gasteiger partial charge in [-0.05, 0) is 37.2 Å². The van der Waals surface area contributed by atoms with Crippen molar-refractivity contribution in [2.75, 3.05) is 13.3 Å². The Bertz CT molecular complexity index is 673. The van der Waals surface area contributed by atoms with Gasteiger partial charge in [-0.1, -0.05) is 42.0 Å². The van der Waals surface area contributed by atoms with Crippen molar-refractivity contribution in [1.82, 2.24) is 5.32 Å². The lowest BCUT2D eigenvalue weighted by Crippen LogP contribution is -2.17. The first-order valence-corrected chi connectivity index (χ1v) is 8.35. The second-order valence-corrected chi connectivity index (χ2v) is 6.99. The van der Waals surface area contributed by atoms with Gasteiger partial charge in [-0.15, -0.1) is 0 Å². The fraction of sp³-hybridized carbons (Fsp3) is 0.250. The molecule has 0 aromatic heterocycles. The van der Waals surface area contributed by atoms with Crippen LogP contribution in [-0.4, -0.2) is 21.7 Å². The fourth-order valence-corrected chi connectivity index (χ4v) is 2.82. The van der Waals surface area contributed by atoms with Gasteiger partial charge in [0.15, 0.2) is 9.84 Å². The van der Waals surface area contributed by atoms with Crippen LogP contribution in [0.15, 0.2) is 53.4 Å². The molecule has 2 aromatic rings. The number of rotatable bonds is 4. The van der Waals surface area contributed by atoms with Crippen molar-refractivity contribution >= 4 is 9.84 Å². The number of hydrogen-bond donors (Lipinski definition) is 1. The third-order valence-electron chi connectivity index (χ3n) is 3.34. The van der Waals surface area contributed by atoms with E-state index < -0.39 is 9.84 Å². The number of sulfone groups is 1. The molecular weight excluding hydrogens is 270 g/mol. The summed E-state index contributed by atoms with van der Waals surface area (Å²) in [6, 6.07) is 15.4. The van der Waals surface area contributed by atoms with E-state index >= 15 is 0 Å². The molecule has 0 saturated heterocycles. The first kappa shape index (κ1) is 14.8. The molecule has 20 heavy (non-hydrogen) atoms. The summed E-state index contributed by atoms with van der Waals surface area (Å²) in [5.41, 5.74) is 3.42. The molecule has 0 amide bonds. The van der Waals surface area contributed by atoms with E-state index in [1.165, 1.54) is 11.8 Å². The van der Waals surface area contributed by atoms with Crippen molar-refractivity contribution in [2.24, 2.45) is 0 Å². The summed E-state index contributed by atoms with van der Waals surface area (Å²) in [5, 5.41) is 3.26. The molecule has 0 radical (unpaired) electrons. The van der Waals surface area contributed by atoms with Crippen molar-refractivity contribution in [1.29, 1.82) is 0 Å². The molecule has 0 unspecified atom stereocenters. The summed E-state index contributed by atoms with van der Waals surface area (Å²) in [4.78, 5) is 0.347. The first-order valence-electron chi connectivity index (χ1n) is 6.45. The molecule has 0 aliphatic rings. The molecule has 1 N–H and O–H groups in total. The molecule has 2 aromatic carbocycles. The van der Waals surface area contributed by atoms with Crippen LogP contribution >= 0.6 is 0 Å². The highest BCUT2D eigenvalue weighted by Gasteiger charge is 2.13. The third-order valence-corrected chi connectivity index (χ3v) is 4.47. The molecule has 0 aliphatic heterocycles. The van der Waals surface area contributed by atoms with E-state index in [1.807, 2.05) is 19.2 Å². The maximum absolute atomic E-state index is 11.5. The van der Waals surface area contributed by atoms with Gasteiger partial charge in [0.25, 0.3) is 0 Å². The highest BCUT2D eigenvalue weighted by atomic mass is 32.2. The van der Waals surface area contributed by atoms with Crippen molar-refractivity contribution in [3.63, 3.8) is 0 Å². The second-order valence-electron chi connectivity index (χ2n) is 4.97. The summed E-state index contributed by atoms with van der Waals surface area (Å²) in [5.74, 6) is 0. The van der Waals surface area contributed by atoms with Crippen molar-refractivity contribution in [3.8, 4) is 0 Å². The van der Waals surface area contributed by atoms with E-state index in [0.717, 1.165) is 11.1 Å². The number of aryl methyl sites for hydroxylation is 1. The molecule has 2 rings (SSSR count). The predicted octanol–water partition coefficient (Wildman–Crippen LogP) is 2.71. The quantitative estimate of drug-likeness (QED) is 0.941. The Hall–Kier alpha value is -1.65. The summed E-state index contributed by atoms with van der Waals surface area (Å²) in [6.45, 7) is 2.05. The zero-order chi connectivity index (χ0) is 14.8. The van der Waals surface area contributed by atoms with Gasteiger partial charge in [0.2, 0.25) is 0 Å². The smallest absolute Gasteiger partial charge is 0.175 e. The van der Waals surface area contributed by atoms with E-state index in [9.17, 15) is 8.42 Å². The van der Waals surface area contributed by atoms with Gasteiger partial charge < -0.3 is 5.32 Å². The molecule has 0 heterocycles. The number of benzene rings is 2. The van der Waals surface area contributed by atoms with Gasteiger partial charge in [-0.25, -0.2) is 8.42 Å². The summed E-state index contributed by atoms with van der Waals surface area (Å²) in [6.07, 6.45) is 1.22. The summed E-state index contributed by atoms with van der Waals surface area (Å²) >= 11 is 0. The van der Waals surface area contributed by atoms with E-state index in [0.29, 0.717) is 4.90 Å². The largest absolute Gasteiger partial charge is 0.309 e. The Labute approximate surface area is 120 Å². The van der Waals surface area contributed by atoms with E-state index in [2.05, 4.69) is 36.5 Å². The Balaban J connectivity index is 2.35. The Morgan fingerprint density at radius 3 is 1.75 bits per heavy atom. The molecule has 0 spiro atoms. The van der Waals surface area contributed by atoms with E-state index in [1.54, 1.807) is 12.1 Å². The lowest BCUT2D eigenvalue weighted by Gasteiger charge is -2.17. The van der Waals surface area contributed by atoms with Gasteiger partial charge in [0, 0.05) is 6.26 Å². The minimum Gasteiger partial charge on any atom is -0.309 e. The monoisotopic (exact) mass is 289 g/mol. The van der Waals surface area contributed by atoms with Crippen LogP contribution in [0.5, 0.6) is 0 Å². The highest BCUT2D eigenvalue weighted by Crippen LogP contribution is 2.23. The van der Waals surface area contributed by atoms with Crippen LogP contribution in [0.2, 0.25) is 0 Å².